The molecule has 2 saturated heterocycles. The van der Waals surface area contributed by atoms with Gasteiger partial charge in [0.1, 0.15) is 18.5 Å². The number of piperazine rings is 1. The van der Waals surface area contributed by atoms with E-state index in [1.165, 1.54) is 5.69 Å². The molecule has 2 aromatic carbocycles. The van der Waals surface area contributed by atoms with E-state index in [-0.39, 0.29) is 11.6 Å². The van der Waals surface area contributed by atoms with Gasteiger partial charge in [-0.3, -0.25) is 0 Å². The highest BCUT2D eigenvalue weighted by molar-refractivity contribution is 7.80. The van der Waals surface area contributed by atoms with Crippen LogP contribution in [0.2, 0.25) is 10.0 Å². The molecule has 2 fully saturated rings. The Kier molecular flexibility index (Phi) is 9.35. The first-order valence-electron chi connectivity index (χ1n) is 12.1. The zero-order chi connectivity index (χ0) is 25.8. The smallest absolute Gasteiger partial charge is 0.215 e. The van der Waals surface area contributed by atoms with E-state index in [4.69, 9.17) is 49.6 Å². The molecule has 3 heterocycles. The molecule has 0 aliphatic carbocycles. The molecule has 204 valence electrons. The summed E-state index contributed by atoms with van der Waals surface area (Å²) in [6.07, 6.45) is 5.02. The lowest BCUT2D eigenvalue weighted by molar-refractivity contribution is -0.189. The number of benzene rings is 2. The van der Waals surface area contributed by atoms with Crippen molar-refractivity contribution in [2.75, 3.05) is 51.3 Å². The van der Waals surface area contributed by atoms with Crippen LogP contribution < -0.4 is 15.0 Å². The molecule has 0 bridgehead atoms. The molecule has 0 amide bonds. The third kappa shape index (κ3) is 6.33. The van der Waals surface area contributed by atoms with E-state index in [2.05, 4.69) is 32.2 Å². The maximum absolute atomic E-state index is 6.55. The van der Waals surface area contributed by atoms with E-state index in [9.17, 15) is 0 Å². The summed E-state index contributed by atoms with van der Waals surface area (Å²) in [5, 5.41) is 4.89. The third-order valence-electron chi connectivity index (χ3n) is 6.57. The largest absolute Gasteiger partial charge is 0.491 e. The second kappa shape index (κ2) is 12.5. The highest BCUT2D eigenvalue weighted by Gasteiger charge is 2.45. The number of imidazole rings is 1. The lowest BCUT2D eigenvalue weighted by Gasteiger charge is -2.37. The standard InChI is InChI=1S/C26H29Cl2N5O3S.H2O/c1-29-25(37)33-12-10-32(11-13-33)20-3-5-21(6-4-20)34-15-22-16-35-26(36-22,17-31-9-8-30-18-31)23-7-2-19(27)14-24(23)28;/h2-9,14,18,22H,10-13,15-17H2,1H3,(H,29,37);1H2/t22-,26-;/m1./s1. The van der Waals surface area contributed by atoms with Crippen LogP contribution in [0.25, 0.3) is 0 Å². The number of rotatable bonds is 7. The number of nitrogens with one attached hydrogen (secondary N) is 1. The Hall–Kier alpha value is -2.60. The molecular formula is C26H31Cl2N5O4S. The summed E-state index contributed by atoms with van der Waals surface area (Å²) >= 11 is 18.0. The second-order valence-corrected chi connectivity index (χ2v) is 10.2. The number of halogens is 2. The molecule has 0 radical (unpaired) electrons. The minimum atomic E-state index is -1.07. The second-order valence-electron chi connectivity index (χ2n) is 9.00. The number of hydrogen-bond donors (Lipinski definition) is 1. The van der Waals surface area contributed by atoms with Crippen LogP contribution in [0.4, 0.5) is 5.69 Å². The van der Waals surface area contributed by atoms with Gasteiger partial charge in [0.2, 0.25) is 5.79 Å². The number of hydrogen-bond acceptors (Lipinski definition) is 6. The van der Waals surface area contributed by atoms with Crippen molar-refractivity contribution in [3.05, 3.63) is 76.8 Å². The molecule has 12 heteroatoms. The van der Waals surface area contributed by atoms with Gasteiger partial charge >= 0.3 is 0 Å². The number of thiocarbonyl (C=S) groups is 1. The average Bonchev–Trinajstić information content (AvgIpc) is 3.58. The highest BCUT2D eigenvalue weighted by atomic mass is 35.5. The van der Waals surface area contributed by atoms with Gasteiger partial charge in [-0.1, -0.05) is 29.3 Å². The Labute approximate surface area is 237 Å². The van der Waals surface area contributed by atoms with Crippen molar-refractivity contribution in [2.45, 2.75) is 18.4 Å². The van der Waals surface area contributed by atoms with Gasteiger partial charge < -0.3 is 39.4 Å². The van der Waals surface area contributed by atoms with Gasteiger partial charge in [0.05, 0.1) is 24.5 Å². The van der Waals surface area contributed by atoms with E-state index >= 15 is 0 Å². The first kappa shape index (κ1) is 28.4. The maximum atomic E-state index is 6.55. The van der Waals surface area contributed by atoms with Gasteiger partial charge in [-0.2, -0.15) is 0 Å². The minimum Gasteiger partial charge on any atom is -0.491 e. The molecule has 9 nitrogen and oxygen atoms in total. The van der Waals surface area contributed by atoms with E-state index < -0.39 is 5.79 Å². The molecule has 38 heavy (non-hydrogen) atoms. The lowest BCUT2D eigenvalue weighted by atomic mass is 10.1. The van der Waals surface area contributed by atoms with Gasteiger partial charge in [-0.25, -0.2) is 4.98 Å². The number of anilines is 1. The fourth-order valence-electron chi connectivity index (χ4n) is 4.64. The minimum absolute atomic E-state index is 0. The van der Waals surface area contributed by atoms with Gasteiger partial charge in [0, 0.05) is 61.9 Å². The van der Waals surface area contributed by atoms with Crippen LogP contribution in [0.15, 0.2) is 61.2 Å². The molecule has 0 spiro atoms. The predicted molar refractivity (Wildman–Crippen MR) is 152 cm³/mol. The van der Waals surface area contributed by atoms with E-state index in [1.54, 1.807) is 24.7 Å². The monoisotopic (exact) mass is 579 g/mol. The van der Waals surface area contributed by atoms with Crippen molar-refractivity contribution in [1.29, 1.82) is 0 Å². The first-order chi connectivity index (χ1) is 18.0. The van der Waals surface area contributed by atoms with Crippen LogP contribution in [0.1, 0.15) is 5.56 Å². The Morgan fingerprint density at radius 2 is 1.92 bits per heavy atom. The summed E-state index contributed by atoms with van der Waals surface area (Å²) in [6, 6.07) is 13.5. The van der Waals surface area contributed by atoms with Gasteiger partial charge in [-0.05, 0) is 48.6 Å². The quantitative estimate of drug-likeness (QED) is 0.426. The zero-order valence-electron chi connectivity index (χ0n) is 21.0. The average molecular weight is 581 g/mol. The van der Waals surface area contributed by atoms with Gasteiger partial charge in [0.25, 0.3) is 0 Å². The molecular weight excluding hydrogens is 549 g/mol. The fourth-order valence-corrected chi connectivity index (χ4v) is 5.38. The summed E-state index contributed by atoms with van der Waals surface area (Å²) in [5.74, 6) is -0.295. The zero-order valence-corrected chi connectivity index (χ0v) is 23.3. The predicted octanol–water partition coefficient (Wildman–Crippen LogP) is 3.34. The van der Waals surface area contributed by atoms with Crippen molar-refractivity contribution < 1.29 is 19.7 Å². The number of ether oxygens (including phenoxy) is 3. The number of nitrogens with zero attached hydrogens (tertiary/aromatic N) is 4. The SMILES string of the molecule is CNC(=S)N1CCN(c2ccc(OC[C@@H]3CO[C@@](Cn4ccnc4)(c4ccc(Cl)cc4Cl)O3)cc2)CC1.O. The van der Waals surface area contributed by atoms with E-state index in [0.29, 0.717) is 29.8 Å². The third-order valence-corrected chi connectivity index (χ3v) is 7.58. The fraction of sp³-hybridized carbons (Fsp3) is 0.385. The van der Waals surface area contributed by atoms with Gasteiger partial charge in [-0.15, -0.1) is 0 Å². The molecule has 1 aromatic heterocycles. The van der Waals surface area contributed by atoms with Crippen molar-refractivity contribution in [2.24, 2.45) is 0 Å². The molecule has 0 saturated carbocycles. The van der Waals surface area contributed by atoms with Crippen molar-refractivity contribution in [1.82, 2.24) is 19.8 Å². The van der Waals surface area contributed by atoms with Crippen LogP contribution in [0, 0.1) is 0 Å². The summed E-state index contributed by atoms with van der Waals surface area (Å²) in [5.41, 5.74) is 1.88. The summed E-state index contributed by atoms with van der Waals surface area (Å²) in [7, 11) is 1.86. The molecule has 3 aromatic rings. The van der Waals surface area contributed by atoms with E-state index in [0.717, 1.165) is 42.6 Å². The van der Waals surface area contributed by atoms with Crippen molar-refractivity contribution in [3.8, 4) is 5.75 Å². The van der Waals surface area contributed by atoms with Crippen LogP contribution in [-0.4, -0.2) is 77.6 Å². The van der Waals surface area contributed by atoms with E-state index in [1.807, 2.05) is 36.0 Å². The van der Waals surface area contributed by atoms with Crippen molar-refractivity contribution in [3.63, 3.8) is 0 Å². The summed E-state index contributed by atoms with van der Waals surface area (Å²) in [4.78, 5) is 8.68. The Morgan fingerprint density at radius 1 is 1.16 bits per heavy atom. The Bertz CT molecular complexity index is 1210. The molecule has 3 N–H and O–H groups in total. The Balaban J connectivity index is 0.00000336. The molecule has 0 unspecified atom stereocenters. The topological polar surface area (TPSA) is 95.5 Å². The van der Waals surface area contributed by atoms with Crippen LogP contribution >= 0.6 is 35.4 Å². The first-order valence-corrected chi connectivity index (χ1v) is 13.3. The van der Waals surface area contributed by atoms with Crippen LogP contribution in [0.3, 0.4) is 0 Å². The Morgan fingerprint density at radius 3 is 2.58 bits per heavy atom. The highest BCUT2D eigenvalue weighted by Crippen LogP contribution is 2.40. The molecule has 5 rings (SSSR count). The van der Waals surface area contributed by atoms with Gasteiger partial charge in [0.15, 0.2) is 5.11 Å². The molecule has 2 aliphatic heterocycles. The summed E-state index contributed by atoms with van der Waals surface area (Å²) in [6.45, 7) is 4.74. The summed E-state index contributed by atoms with van der Waals surface area (Å²) < 4.78 is 20.7. The van der Waals surface area contributed by atoms with Crippen LogP contribution in [0.5, 0.6) is 5.75 Å². The maximum Gasteiger partial charge on any atom is 0.215 e. The van der Waals surface area contributed by atoms with Crippen LogP contribution in [-0.2, 0) is 21.8 Å². The lowest BCUT2D eigenvalue weighted by Crippen LogP contribution is -2.51. The molecule has 2 aliphatic rings. The number of aromatic nitrogens is 2. The van der Waals surface area contributed by atoms with Crippen molar-refractivity contribution >= 4 is 46.2 Å². The normalized spacial score (nSPS) is 21.2. The molecule has 2 atom stereocenters.